The molecule has 2 N–H and O–H groups in total. The molecule has 0 saturated carbocycles. The van der Waals surface area contributed by atoms with Crippen LogP contribution in [-0.4, -0.2) is 39.1 Å². The number of carbonyl (C=O) groups excluding carboxylic acids is 2. The van der Waals surface area contributed by atoms with Crippen molar-refractivity contribution in [3.63, 3.8) is 0 Å². The average molecular weight is 473 g/mol. The molecule has 1 atom stereocenters. The molecule has 0 spiro atoms. The lowest BCUT2D eigenvalue weighted by Crippen LogP contribution is -2.41. The Kier molecular flexibility index (Phi) is 6.03. The molecule has 9 heteroatoms. The van der Waals surface area contributed by atoms with Crippen molar-refractivity contribution in [2.45, 2.75) is 51.8 Å². The molecule has 2 aliphatic heterocycles. The number of amides is 2. The zero-order valence-electron chi connectivity index (χ0n) is 18.2. The summed E-state index contributed by atoms with van der Waals surface area (Å²) in [5, 5.41) is 6.03. The van der Waals surface area contributed by atoms with Crippen LogP contribution in [0.15, 0.2) is 36.3 Å². The van der Waals surface area contributed by atoms with Crippen LogP contribution >= 0.6 is 23.8 Å². The van der Waals surface area contributed by atoms with E-state index in [1.54, 1.807) is 11.1 Å². The summed E-state index contributed by atoms with van der Waals surface area (Å²) >= 11 is 11.4. The molecule has 7 nitrogen and oxygen atoms in total. The van der Waals surface area contributed by atoms with Crippen molar-refractivity contribution in [1.29, 1.82) is 0 Å². The van der Waals surface area contributed by atoms with Crippen LogP contribution in [-0.2, 0) is 11.3 Å². The largest absolute Gasteiger partial charge is 0.444 e. The summed E-state index contributed by atoms with van der Waals surface area (Å²) < 4.78 is 5.64. The zero-order valence-corrected chi connectivity index (χ0v) is 19.8. The van der Waals surface area contributed by atoms with Crippen molar-refractivity contribution >= 4 is 46.5 Å². The molecular formula is C23H25ClN4O3S. The number of benzene rings is 1. The summed E-state index contributed by atoms with van der Waals surface area (Å²) in [7, 11) is 0. The quantitative estimate of drug-likeness (QED) is 0.619. The number of halogens is 1. The molecular weight excluding hydrogens is 448 g/mol. The van der Waals surface area contributed by atoms with E-state index in [9.17, 15) is 9.59 Å². The minimum Gasteiger partial charge on any atom is -0.444 e. The minimum absolute atomic E-state index is 0.150. The molecule has 0 aliphatic carbocycles. The maximum Gasteiger partial charge on any atom is 0.410 e. The summed E-state index contributed by atoms with van der Waals surface area (Å²) in [5.74, 6) is 0.158. The number of aromatic amines is 1. The van der Waals surface area contributed by atoms with Gasteiger partial charge in [0.1, 0.15) is 11.3 Å². The van der Waals surface area contributed by atoms with Gasteiger partial charge in [-0.15, -0.1) is 0 Å². The van der Waals surface area contributed by atoms with Crippen LogP contribution in [0.25, 0.3) is 0 Å². The maximum absolute atomic E-state index is 12.9. The Balaban J connectivity index is 1.69. The molecule has 1 saturated heterocycles. The Bertz CT molecular complexity index is 1120. The smallest absolute Gasteiger partial charge is 0.410 e. The van der Waals surface area contributed by atoms with E-state index in [2.05, 4.69) is 15.3 Å². The van der Waals surface area contributed by atoms with Gasteiger partial charge in [0.05, 0.1) is 18.3 Å². The number of fused-ring (bicyclic) bond motifs is 1. The molecule has 1 aromatic heterocycles. The monoisotopic (exact) mass is 472 g/mol. The van der Waals surface area contributed by atoms with Gasteiger partial charge in [0.2, 0.25) is 0 Å². The second kappa shape index (κ2) is 8.62. The third-order valence-corrected chi connectivity index (χ3v) is 5.95. The van der Waals surface area contributed by atoms with E-state index in [4.69, 9.17) is 28.6 Å². The topological polar surface area (TPSA) is 77.7 Å². The average Bonchev–Trinajstić information content (AvgIpc) is 3.39. The fraction of sp³-hybridized carbons (Fsp3) is 0.391. The lowest BCUT2D eigenvalue weighted by Gasteiger charge is -2.33. The first-order valence-corrected chi connectivity index (χ1v) is 11.3. The molecule has 1 unspecified atom stereocenters. The van der Waals surface area contributed by atoms with Gasteiger partial charge in [-0.25, -0.2) is 4.79 Å². The molecule has 1 aromatic carbocycles. The van der Waals surface area contributed by atoms with Crippen LogP contribution in [0.3, 0.4) is 0 Å². The first-order chi connectivity index (χ1) is 15.2. The number of nitrogens with one attached hydrogen (secondary N) is 2. The van der Waals surface area contributed by atoms with Crippen LogP contribution in [0, 0.1) is 0 Å². The molecule has 2 aromatic rings. The van der Waals surface area contributed by atoms with Gasteiger partial charge in [0.25, 0.3) is 5.91 Å². The molecule has 1 fully saturated rings. The van der Waals surface area contributed by atoms with Gasteiger partial charge >= 0.3 is 6.09 Å². The van der Waals surface area contributed by atoms with E-state index in [0.717, 1.165) is 29.7 Å². The number of aromatic nitrogens is 1. The van der Waals surface area contributed by atoms with Gasteiger partial charge in [-0.1, -0.05) is 17.7 Å². The van der Waals surface area contributed by atoms with Gasteiger partial charge in [-0.3, -0.25) is 10.1 Å². The highest BCUT2D eigenvalue weighted by atomic mass is 35.5. The van der Waals surface area contributed by atoms with Crippen LogP contribution in [0.5, 0.6) is 0 Å². The summed E-state index contributed by atoms with van der Waals surface area (Å²) in [6.07, 6.45) is 3.08. The van der Waals surface area contributed by atoms with E-state index >= 15 is 0 Å². The fourth-order valence-electron chi connectivity index (χ4n) is 4.19. The highest BCUT2D eigenvalue weighted by Gasteiger charge is 2.35. The molecule has 32 heavy (non-hydrogen) atoms. The summed E-state index contributed by atoms with van der Waals surface area (Å²) in [4.78, 5) is 31.8. The number of H-pyrrole nitrogens is 1. The van der Waals surface area contributed by atoms with E-state index < -0.39 is 5.60 Å². The molecule has 2 aliphatic rings. The lowest BCUT2D eigenvalue weighted by atomic mass is 9.97. The Hall–Kier alpha value is -2.80. The van der Waals surface area contributed by atoms with Gasteiger partial charge in [0.15, 0.2) is 5.82 Å². The van der Waals surface area contributed by atoms with Gasteiger partial charge in [-0.2, -0.15) is 0 Å². The Morgan fingerprint density at radius 1 is 1.34 bits per heavy atom. The van der Waals surface area contributed by atoms with Crippen molar-refractivity contribution in [3.8, 4) is 0 Å². The lowest BCUT2D eigenvalue weighted by molar-refractivity contribution is 0.0224. The molecule has 168 valence electrons. The molecule has 0 radical (unpaired) electrons. The summed E-state index contributed by atoms with van der Waals surface area (Å²) in [6, 6.07) is 7.37. The molecule has 0 bridgehead atoms. The number of hydrogen-bond donors (Lipinski definition) is 2. The van der Waals surface area contributed by atoms with Crippen LogP contribution in [0.2, 0.25) is 5.02 Å². The van der Waals surface area contributed by atoms with Crippen molar-refractivity contribution in [2.24, 2.45) is 0 Å². The number of hydrogen-bond acceptors (Lipinski definition) is 5. The highest BCUT2D eigenvalue weighted by Crippen LogP contribution is 2.38. The van der Waals surface area contributed by atoms with Crippen LogP contribution in [0.1, 0.15) is 61.3 Å². The normalized spacial score (nSPS) is 18.3. The van der Waals surface area contributed by atoms with E-state index in [-0.39, 0.29) is 18.0 Å². The molecule has 2 amide bonds. The van der Waals surface area contributed by atoms with Gasteiger partial charge in [0, 0.05) is 17.8 Å². The first-order valence-electron chi connectivity index (χ1n) is 10.5. The third kappa shape index (κ3) is 4.39. The first kappa shape index (κ1) is 22.4. The number of anilines is 1. The van der Waals surface area contributed by atoms with E-state index in [1.807, 2.05) is 49.9 Å². The predicted octanol–water partition coefficient (Wildman–Crippen LogP) is 4.93. The zero-order chi connectivity index (χ0) is 23.0. The predicted molar refractivity (Wildman–Crippen MR) is 127 cm³/mol. The number of thiocarbonyl (C=S) groups is 1. The molecule has 4 rings (SSSR count). The third-order valence-electron chi connectivity index (χ3n) is 5.52. The van der Waals surface area contributed by atoms with Crippen LogP contribution < -0.4 is 10.2 Å². The second-order valence-electron chi connectivity index (χ2n) is 8.90. The van der Waals surface area contributed by atoms with Crippen molar-refractivity contribution < 1.29 is 14.3 Å². The number of likely N-dealkylation sites (tertiary alicyclic amines) is 1. The summed E-state index contributed by atoms with van der Waals surface area (Å²) in [6.45, 7) is 6.63. The Morgan fingerprint density at radius 3 is 2.84 bits per heavy atom. The Morgan fingerprint density at radius 2 is 2.12 bits per heavy atom. The summed E-state index contributed by atoms with van der Waals surface area (Å²) in [5.41, 5.74) is 2.54. The fourth-order valence-corrected chi connectivity index (χ4v) is 4.53. The van der Waals surface area contributed by atoms with E-state index in [1.165, 1.54) is 0 Å². The van der Waals surface area contributed by atoms with Crippen molar-refractivity contribution in [1.82, 2.24) is 15.2 Å². The number of carbonyl (C=O) groups is 2. The number of rotatable bonds is 3. The minimum atomic E-state index is -0.572. The SMILES string of the molecule is CC(C)(C)OC(=O)N1CCCC1c1cc(Cl)ccc1CN1C(=C=S)NC(=O)c2[nH]ccc21. The molecule has 3 heterocycles. The maximum atomic E-state index is 12.9. The standard InChI is InChI=1S/C23H25ClN4O3S/c1-23(2,3)31-22(30)27-10-4-5-17(27)16-11-15(24)7-6-14(16)12-28-18-8-9-25-20(18)21(29)26-19(28)13-32/h6-9,11,17,25H,4-5,10,12H2,1-3H3,(H,26,29). The second-order valence-corrected chi connectivity index (χ2v) is 9.54. The van der Waals surface area contributed by atoms with Gasteiger partial charge < -0.3 is 19.5 Å². The van der Waals surface area contributed by atoms with Crippen molar-refractivity contribution in [3.05, 3.63) is 58.1 Å². The van der Waals surface area contributed by atoms with Gasteiger partial charge in [-0.05, 0) is 80.2 Å². The van der Waals surface area contributed by atoms with Crippen molar-refractivity contribution in [2.75, 3.05) is 11.4 Å². The number of ether oxygens (including phenoxy) is 1. The highest BCUT2D eigenvalue weighted by molar-refractivity contribution is 7.78. The van der Waals surface area contributed by atoms with E-state index in [0.29, 0.717) is 29.6 Å². The number of nitrogens with zero attached hydrogens (tertiary/aromatic N) is 2. The Labute approximate surface area is 197 Å². The van der Waals surface area contributed by atoms with Crippen LogP contribution in [0.4, 0.5) is 10.5 Å².